The quantitative estimate of drug-likeness (QED) is 0.899. The van der Waals surface area contributed by atoms with Crippen LogP contribution in [-0.4, -0.2) is 25.5 Å². The van der Waals surface area contributed by atoms with Crippen molar-refractivity contribution < 1.29 is 8.42 Å². The third-order valence-corrected chi connectivity index (χ3v) is 5.48. The predicted octanol–water partition coefficient (Wildman–Crippen LogP) is 2.38. The van der Waals surface area contributed by atoms with E-state index in [1.807, 2.05) is 24.3 Å². The Morgan fingerprint density at radius 1 is 1.21 bits per heavy atom. The minimum Gasteiger partial charge on any atom is -0.384 e. The lowest BCUT2D eigenvalue weighted by Gasteiger charge is -2.19. The summed E-state index contributed by atoms with van der Waals surface area (Å²) < 4.78 is 23.1. The number of nitrogens with one attached hydrogen (secondary N) is 1. The van der Waals surface area contributed by atoms with E-state index in [0.717, 1.165) is 11.3 Å². The summed E-state index contributed by atoms with van der Waals surface area (Å²) in [5.41, 5.74) is 1.82. The maximum atomic E-state index is 11.9. The molecule has 1 rings (SSSR count). The summed E-state index contributed by atoms with van der Waals surface area (Å²) >= 11 is 0. The Balaban J connectivity index is 2.53. The first kappa shape index (κ1) is 15.5. The molecule has 4 nitrogen and oxygen atoms in total. The molecule has 0 bridgehead atoms. The van der Waals surface area contributed by atoms with Gasteiger partial charge in [0.25, 0.3) is 0 Å². The predicted molar refractivity (Wildman–Crippen MR) is 77.8 cm³/mol. The van der Waals surface area contributed by atoms with E-state index in [1.165, 1.54) is 0 Å². The Labute approximate surface area is 115 Å². The number of sulfone groups is 1. The maximum Gasteiger partial charge on any atom is 0.156 e. The van der Waals surface area contributed by atoms with Crippen LogP contribution in [-0.2, 0) is 16.3 Å². The normalized spacial score (nSPS) is 11.9. The molecule has 1 aromatic rings. The van der Waals surface area contributed by atoms with Crippen molar-refractivity contribution in [2.45, 2.75) is 31.9 Å². The largest absolute Gasteiger partial charge is 0.384 e. The van der Waals surface area contributed by atoms with Crippen LogP contribution >= 0.6 is 0 Å². The van der Waals surface area contributed by atoms with E-state index in [4.69, 9.17) is 5.26 Å². The highest BCUT2D eigenvalue weighted by Gasteiger charge is 2.28. The number of nitriles is 1. The van der Waals surface area contributed by atoms with Gasteiger partial charge in [0, 0.05) is 12.2 Å². The lowest BCUT2D eigenvalue weighted by Crippen LogP contribution is -2.32. The van der Waals surface area contributed by atoms with Gasteiger partial charge in [0.05, 0.1) is 23.0 Å². The molecule has 0 aliphatic heterocycles. The third-order valence-electron chi connectivity index (χ3n) is 2.87. The first-order valence-electron chi connectivity index (χ1n) is 6.18. The molecule has 0 atom stereocenters. The van der Waals surface area contributed by atoms with Gasteiger partial charge in [-0.1, -0.05) is 12.1 Å². The van der Waals surface area contributed by atoms with Gasteiger partial charge >= 0.3 is 0 Å². The number of hydrogen-bond acceptors (Lipinski definition) is 4. The van der Waals surface area contributed by atoms with Gasteiger partial charge in [0.1, 0.15) is 0 Å². The molecule has 0 unspecified atom stereocenters. The molecule has 1 aromatic carbocycles. The molecule has 0 aliphatic rings. The van der Waals surface area contributed by atoms with E-state index in [-0.39, 0.29) is 5.75 Å². The molecule has 0 spiro atoms. The molecule has 0 aromatic heterocycles. The molecule has 19 heavy (non-hydrogen) atoms. The van der Waals surface area contributed by atoms with Crippen molar-refractivity contribution in [3.8, 4) is 6.07 Å². The van der Waals surface area contributed by atoms with Gasteiger partial charge in [-0.05, 0) is 38.5 Å². The SMILES string of the molecule is CC(C)(C)S(=O)(=O)CCNc1ccc(CC#N)cc1. The zero-order valence-corrected chi connectivity index (χ0v) is 12.4. The van der Waals surface area contributed by atoms with Crippen molar-refractivity contribution >= 4 is 15.5 Å². The standard InChI is InChI=1S/C14H20N2O2S/c1-14(2,3)19(17,18)11-10-16-13-6-4-12(5-7-13)8-9-15/h4-7,16H,8,10-11H2,1-3H3. The summed E-state index contributed by atoms with van der Waals surface area (Å²) in [6.07, 6.45) is 0.388. The van der Waals surface area contributed by atoms with Crippen LogP contribution in [0.25, 0.3) is 0 Å². The van der Waals surface area contributed by atoms with Gasteiger partial charge in [-0.2, -0.15) is 5.26 Å². The summed E-state index contributed by atoms with van der Waals surface area (Å²) in [4.78, 5) is 0. The molecule has 0 amide bonds. The van der Waals surface area contributed by atoms with Crippen molar-refractivity contribution in [1.29, 1.82) is 5.26 Å². The van der Waals surface area contributed by atoms with E-state index in [2.05, 4.69) is 11.4 Å². The molecule has 0 saturated carbocycles. The van der Waals surface area contributed by atoms with E-state index < -0.39 is 14.6 Å². The van der Waals surface area contributed by atoms with Gasteiger partial charge in [-0.25, -0.2) is 8.42 Å². The zero-order chi connectivity index (χ0) is 14.5. The average molecular weight is 280 g/mol. The number of anilines is 1. The molecule has 1 N–H and O–H groups in total. The number of benzene rings is 1. The van der Waals surface area contributed by atoms with Crippen LogP contribution in [0.15, 0.2) is 24.3 Å². The Morgan fingerprint density at radius 2 is 1.79 bits per heavy atom. The lowest BCUT2D eigenvalue weighted by atomic mass is 10.1. The van der Waals surface area contributed by atoms with E-state index in [9.17, 15) is 8.42 Å². The van der Waals surface area contributed by atoms with Gasteiger partial charge in [-0.15, -0.1) is 0 Å². The Morgan fingerprint density at radius 3 is 2.26 bits per heavy atom. The van der Waals surface area contributed by atoms with Crippen molar-refractivity contribution in [2.75, 3.05) is 17.6 Å². The minimum atomic E-state index is -3.09. The van der Waals surface area contributed by atoms with Gasteiger partial charge < -0.3 is 5.32 Å². The summed E-state index contributed by atoms with van der Waals surface area (Å²) in [7, 11) is -3.09. The van der Waals surface area contributed by atoms with Crippen LogP contribution in [0.5, 0.6) is 0 Å². The van der Waals surface area contributed by atoms with Gasteiger partial charge in [0.15, 0.2) is 9.84 Å². The highest BCUT2D eigenvalue weighted by molar-refractivity contribution is 7.92. The van der Waals surface area contributed by atoms with Crippen LogP contribution in [0.4, 0.5) is 5.69 Å². The Kier molecular flexibility index (Phi) is 4.96. The summed E-state index contributed by atoms with van der Waals surface area (Å²) in [6.45, 7) is 5.51. The number of hydrogen-bond donors (Lipinski definition) is 1. The smallest absolute Gasteiger partial charge is 0.156 e. The van der Waals surface area contributed by atoms with Crippen molar-refractivity contribution in [3.63, 3.8) is 0 Å². The Hall–Kier alpha value is -1.54. The molecule has 0 heterocycles. The van der Waals surface area contributed by atoms with Crippen LogP contribution in [0.2, 0.25) is 0 Å². The molecule has 0 aliphatic carbocycles. The fourth-order valence-corrected chi connectivity index (χ4v) is 2.45. The van der Waals surface area contributed by atoms with Crippen LogP contribution < -0.4 is 5.32 Å². The molecular weight excluding hydrogens is 260 g/mol. The molecular formula is C14H20N2O2S. The van der Waals surface area contributed by atoms with Gasteiger partial charge in [0.2, 0.25) is 0 Å². The first-order chi connectivity index (χ1) is 8.76. The fourth-order valence-electron chi connectivity index (χ4n) is 1.47. The molecule has 5 heteroatoms. The summed E-state index contributed by atoms with van der Waals surface area (Å²) in [5.74, 6) is 0.108. The van der Waals surface area contributed by atoms with E-state index in [0.29, 0.717) is 13.0 Å². The summed E-state index contributed by atoms with van der Waals surface area (Å²) in [5, 5.41) is 11.6. The molecule has 0 radical (unpaired) electrons. The van der Waals surface area contributed by atoms with Crippen molar-refractivity contribution in [3.05, 3.63) is 29.8 Å². The molecule has 104 valence electrons. The van der Waals surface area contributed by atoms with Crippen LogP contribution in [0.1, 0.15) is 26.3 Å². The van der Waals surface area contributed by atoms with Gasteiger partial charge in [-0.3, -0.25) is 0 Å². The topological polar surface area (TPSA) is 70.0 Å². The second kappa shape index (κ2) is 6.07. The highest BCUT2D eigenvalue weighted by atomic mass is 32.2. The average Bonchev–Trinajstić information content (AvgIpc) is 2.30. The summed E-state index contributed by atoms with van der Waals surface area (Å²) in [6, 6.07) is 9.53. The zero-order valence-electron chi connectivity index (χ0n) is 11.6. The lowest BCUT2D eigenvalue weighted by molar-refractivity contribution is 0.560. The van der Waals surface area contributed by atoms with E-state index in [1.54, 1.807) is 20.8 Å². The van der Waals surface area contributed by atoms with Crippen LogP contribution in [0.3, 0.4) is 0 Å². The third kappa shape index (κ3) is 4.56. The van der Waals surface area contributed by atoms with E-state index >= 15 is 0 Å². The number of rotatable bonds is 5. The van der Waals surface area contributed by atoms with Crippen LogP contribution in [0, 0.1) is 11.3 Å². The maximum absolute atomic E-state index is 11.9. The highest BCUT2D eigenvalue weighted by Crippen LogP contribution is 2.16. The fraction of sp³-hybridized carbons (Fsp3) is 0.500. The molecule has 0 saturated heterocycles. The second-order valence-corrected chi connectivity index (χ2v) is 8.25. The first-order valence-corrected chi connectivity index (χ1v) is 7.83. The van der Waals surface area contributed by atoms with Crippen molar-refractivity contribution in [2.24, 2.45) is 0 Å². The molecule has 0 fully saturated rings. The number of nitrogens with zero attached hydrogens (tertiary/aromatic N) is 1. The second-order valence-electron chi connectivity index (χ2n) is 5.39. The minimum absolute atomic E-state index is 0.108. The Bertz CT molecular complexity index is 549. The monoisotopic (exact) mass is 280 g/mol. The van der Waals surface area contributed by atoms with Crippen molar-refractivity contribution in [1.82, 2.24) is 0 Å².